The summed E-state index contributed by atoms with van der Waals surface area (Å²) < 4.78 is 5.37. The van der Waals surface area contributed by atoms with E-state index in [1.807, 2.05) is 13.1 Å². The second-order valence-corrected chi connectivity index (χ2v) is 5.25. The Morgan fingerprint density at radius 1 is 0.905 bits per heavy atom. The summed E-state index contributed by atoms with van der Waals surface area (Å²) in [7, 11) is 3.69. The van der Waals surface area contributed by atoms with Crippen LogP contribution in [0.2, 0.25) is 0 Å². The molecule has 112 valence electrons. The number of hydrogen-bond donors (Lipinski definition) is 1. The Hall–Kier alpha value is -1.80. The van der Waals surface area contributed by atoms with Crippen molar-refractivity contribution in [1.29, 1.82) is 0 Å². The largest absolute Gasteiger partial charge is 0.497 e. The van der Waals surface area contributed by atoms with E-state index in [1.54, 1.807) is 7.11 Å². The number of rotatable bonds is 6. The molecule has 2 aromatic rings. The van der Waals surface area contributed by atoms with Crippen molar-refractivity contribution in [2.45, 2.75) is 33.2 Å². The Kier molecular flexibility index (Phi) is 5.40. The molecule has 0 spiro atoms. The first-order chi connectivity index (χ1) is 10.2. The van der Waals surface area contributed by atoms with Crippen LogP contribution < -0.4 is 10.1 Å². The van der Waals surface area contributed by atoms with Crippen LogP contribution in [-0.2, 0) is 19.4 Å². The van der Waals surface area contributed by atoms with Gasteiger partial charge in [0.1, 0.15) is 5.75 Å². The lowest BCUT2D eigenvalue weighted by molar-refractivity contribution is 0.414. The Morgan fingerprint density at radius 2 is 1.71 bits per heavy atom. The maximum Gasteiger partial charge on any atom is 0.119 e. The van der Waals surface area contributed by atoms with Crippen molar-refractivity contribution >= 4 is 0 Å². The highest BCUT2D eigenvalue weighted by molar-refractivity contribution is 5.72. The van der Waals surface area contributed by atoms with E-state index in [9.17, 15) is 0 Å². The minimum atomic E-state index is 0.839. The zero-order valence-electron chi connectivity index (χ0n) is 13.5. The first kappa shape index (κ1) is 15.6. The fourth-order valence-electron chi connectivity index (χ4n) is 2.70. The number of methoxy groups -OCH3 is 1. The molecule has 0 bridgehead atoms. The zero-order valence-corrected chi connectivity index (χ0v) is 13.5. The van der Waals surface area contributed by atoms with Gasteiger partial charge in [0, 0.05) is 6.54 Å². The molecule has 21 heavy (non-hydrogen) atoms. The van der Waals surface area contributed by atoms with Crippen LogP contribution >= 0.6 is 0 Å². The molecule has 0 aliphatic rings. The lowest BCUT2D eigenvalue weighted by atomic mass is 9.92. The average molecular weight is 283 g/mol. The molecule has 0 aliphatic carbocycles. The van der Waals surface area contributed by atoms with Gasteiger partial charge in [-0.1, -0.05) is 38.1 Å². The Balaban J connectivity index is 2.59. The molecule has 0 fully saturated rings. The van der Waals surface area contributed by atoms with Gasteiger partial charge < -0.3 is 10.1 Å². The summed E-state index contributed by atoms with van der Waals surface area (Å²) in [6.07, 6.45) is 2.11. The molecule has 2 aromatic carbocycles. The molecule has 0 saturated heterocycles. The van der Waals surface area contributed by atoms with E-state index in [1.165, 1.54) is 27.8 Å². The van der Waals surface area contributed by atoms with Gasteiger partial charge in [0.15, 0.2) is 0 Å². The molecule has 2 rings (SSSR count). The molecule has 0 radical (unpaired) electrons. The quantitative estimate of drug-likeness (QED) is 0.857. The second kappa shape index (κ2) is 7.28. The average Bonchev–Trinajstić information content (AvgIpc) is 2.54. The van der Waals surface area contributed by atoms with Crippen molar-refractivity contribution in [1.82, 2.24) is 5.32 Å². The van der Waals surface area contributed by atoms with Crippen LogP contribution in [0.3, 0.4) is 0 Å². The SMILES string of the molecule is CCc1ccc(CC)c(-c2ccc(OC)cc2CNC)c1. The van der Waals surface area contributed by atoms with Gasteiger partial charge >= 0.3 is 0 Å². The third-order valence-corrected chi connectivity index (χ3v) is 3.93. The molecule has 2 nitrogen and oxygen atoms in total. The summed E-state index contributed by atoms with van der Waals surface area (Å²) >= 11 is 0. The summed E-state index contributed by atoms with van der Waals surface area (Å²) in [5.74, 6) is 0.911. The van der Waals surface area contributed by atoms with E-state index in [0.717, 1.165) is 25.1 Å². The summed E-state index contributed by atoms with van der Waals surface area (Å²) in [5, 5.41) is 3.26. The Labute approximate surface area is 128 Å². The Morgan fingerprint density at radius 3 is 2.33 bits per heavy atom. The van der Waals surface area contributed by atoms with Crippen molar-refractivity contribution in [3.63, 3.8) is 0 Å². The van der Waals surface area contributed by atoms with Gasteiger partial charge in [-0.05, 0) is 59.8 Å². The molecule has 0 saturated carbocycles. The van der Waals surface area contributed by atoms with Crippen LogP contribution in [0, 0.1) is 0 Å². The summed E-state index contributed by atoms with van der Waals surface area (Å²) in [6.45, 7) is 5.25. The topological polar surface area (TPSA) is 21.3 Å². The minimum absolute atomic E-state index is 0.839. The fraction of sp³-hybridized carbons (Fsp3) is 0.368. The van der Waals surface area contributed by atoms with Crippen LogP contribution in [-0.4, -0.2) is 14.2 Å². The maximum atomic E-state index is 5.37. The van der Waals surface area contributed by atoms with Crippen LogP contribution in [0.25, 0.3) is 11.1 Å². The zero-order chi connectivity index (χ0) is 15.2. The highest BCUT2D eigenvalue weighted by Crippen LogP contribution is 2.31. The van der Waals surface area contributed by atoms with Crippen LogP contribution in [0.1, 0.15) is 30.5 Å². The minimum Gasteiger partial charge on any atom is -0.497 e. The third kappa shape index (κ3) is 3.45. The molecular formula is C19H25NO. The van der Waals surface area contributed by atoms with Gasteiger partial charge in [-0.25, -0.2) is 0 Å². The molecule has 0 atom stereocenters. The second-order valence-electron chi connectivity index (χ2n) is 5.25. The van der Waals surface area contributed by atoms with Crippen molar-refractivity contribution in [2.75, 3.05) is 14.2 Å². The van der Waals surface area contributed by atoms with E-state index in [-0.39, 0.29) is 0 Å². The number of ether oxygens (including phenoxy) is 1. The van der Waals surface area contributed by atoms with E-state index in [0.29, 0.717) is 0 Å². The molecule has 0 amide bonds. The van der Waals surface area contributed by atoms with E-state index in [2.05, 4.69) is 49.5 Å². The number of benzene rings is 2. The number of nitrogens with one attached hydrogen (secondary N) is 1. The summed E-state index contributed by atoms with van der Waals surface area (Å²) in [4.78, 5) is 0. The number of aryl methyl sites for hydroxylation is 2. The van der Waals surface area contributed by atoms with Gasteiger partial charge in [-0.15, -0.1) is 0 Å². The van der Waals surface area contributed by atoms with E-state index >= 15 is 0 Å². The molecule has 0 unspecified atom stereocenters. The van der Waals surface area contributed by atoms with Gasteiger partial charge in [-0.3, -0.25) is 0 Å². The van der Waals surface area contributed by atoms with E-state index < -0.39 is 0 Å². The molecule has 1 N–H and O–H groups in total. The highest BCUT2D eigenvalue weighted by Gasteiger charge is 2.10. The predicted octanol–water partition coefficient (Wildman–Crippen LogP) is 4.21. The standard InChI is InChI=1S/C19H25NO/c1-5-14-7-8-15(6-2)19(11-14)18-10-9-17(21-4)12-16(18)13-20-3/h7-12,20H,5-6,13H2,1-4H3. The predicted molar refractivity (Wildman–Crippen MR) is 89.9 cm³/mol. The maximum absolute atomic E-state index is 5.37. The van der Waals surface area contributed by atoms with Crippen molar-refractivity contribution in [2.24, 2.45) is 0 Å². The highest BCUT2D eigenvalue weighted by atomic mass is 16.5. The third-order valence-electron chi connectivity index (χ3n) is 3.93. The monoisotopic (exact) mass is 283 g/mol. The van der Waals surface area contributed by atoms with Crippen molar-refractivity contribution in [3.05, 3.63) is 53.1 Å². The normalized spacial score (nSPS) is 10.7. The first-order valence-corrected chi connectivity index (χ1v) is 7.67. The van der Waals surface area contributed by atoms with Gasteiger partial charge in [-0.2, -0.15) is 0 Å². The molecule has 0 aromatic heterocycles. The van der Waals surface area contributed by atoms with Crippen LogP contribution in [0.5, 0.6) is 5.75 Å². The van der Waals surface area contributed by atoms with Crippen LogP contribution in [0.4, 0.5) is 0 Å². The molecular weight excluding hydrogens is 258 g/mol. The molecule has 2 heteroatoms. The van der Waals surface area contributed by atoms with Crippen molar-refractivity contribution in [3.8, 4) is 16.9 Å². The molecule has 0 heterocycles. The summed E-state index contributed by atoms with van der Waals surface area (Å²) in [5.41, 5.74) is 6.71. The Bertz CT molecular complexity index is 605. The summed E-state index contributed by atoms with van der Waals surface area (Å²) in [6, 6.07) is 13.2. The first-order valence-electron chi connectivity index (χ1n) is 7.67. The molecule has 0 aliphatic heterocycles. The number of hydrogen-bond acceptors (Lipinski definition) is 2. The van der Waals surface area contributed by atoms with E-state index in [4.69, 9.17) is 4.74 Å². The lowest BCUT2D eigenvalue weighted by Crippen LogP contribution is -2.07. The van der Waals surface area contributed by atoms with Gasteiger partial charge in [0.2, 0.25) is 0 Å². The van der Waals surface area contributed by atoms with Crippen LogP contribution in [0.15, 0.2) is 36.4 Å². The van der Waals surface area contributed by atoms with Gasteiger partial charge in [0.05, 0.1) is 7.11 Å². The van der Waals surface area contributed by atoms with Gasteiger partial charge in [0.25, 0.3) is 0 Å². The van der Waals surface area contributed by atoms with Crippen molar-refractivity contribution < 1.29 is 4.74 Å². The lowest BCUT2D eigenvalue weighted by Gasteiger charge is -2.15. The fourth-order valence-corrected chi connectivity index (χ4v) is 2.70. The smallest absolute Gasteiger partial charge is 0.119 e.